The number of aryl methyl sites for hydroxylation is 1. The summed E-state index contributed by atoms with van der Waals surface area (Å²) in [6, 6.07) is 29.9. The lowest BCUT2D eigenvalue weighted by Gasteiger charge is -2.43. The Morgan fingerprint density at radius 3 is 2.33 bits per heavy atom. The van der Waals surface area contributed by atoms with E-state index in [0.29, 0.717) is 39.5 Å². The van der Waals surface area contributed by atoms with Crippen molar-refractivity contribution in [2.24, 2.45) is 0 Å². The number of ether oxygens (including phenoxy) is 6. The van der Waals surface area contributed by atoms with Crippen molar-refractivity contribution in [1.82, 2.24) is 9.62 Å². The second-order valence-corrected chi connectivity index (χ2v) is 16.3. The number of piperidine rings is 1. The smallest absolute Gasteiger partial charge is 0.407 e. The molecule has 57 heavy (non-hydrogen) atoms. The van der Waals surface area contributed by atoms with Crippen LogP contribution in [0.1, 0.15) is 46.6 Å². The first kappa shape index (κ1) is 42.1. The number of nitrogens with one attached hydrogen (secondary N) is 1. The summed E-state index contributed by atoms with van der Waals surface area (Å²) in [7, 11) is -0.652. The van der Waals surface area contributed by atoms with Crippen molar-refractivity contribution < 1.29 is 41.6 Å². The van der Waals surface area contributed by atoms with Crippen molar-refractivity contribution in [1.29, 1.82) is 0 Å². The molecule has 1 N–H and O–H groups in total. The van der Waals surface area contributed by atoms with Gasteiger partial charge in [0.15, 0.2) is 0 Å². The third-order valence-corrected chi connectivity index (χ3v) is 12.3. The number of methoxy groups -OCH3 is 2. The molecule has 2 aliphatic heterocycles. The molecule has 306 valence electrons. The lowest BCUT2D eigenvalue weighted by molar-refractivity contribution is -0.0196. The summed E-state index contributed by atoms with van der Waals surface area (Å²) in [6.45, 7) is 6.76. The number of sulfonamides is 1. The molecule has 12 nitrogen and oxygen atoms in total. The van der Waals surface area contributed by atoms with Crippen LogP contribution in [0.5, 0.6) is 5.75 Å². The minimum Gasteiger partial charge on any atom is -0.490 e. The minimum absolute atomic E-state index is 0.0527. The van der Waals surface area contributed by atoms with Gasteiger partial charge in [0.1, 0.15) is 19.0 Å². The quantitative estimate of drug-likeness (QED) is 0.106. The maximum absolute atomic E-state index is 14.5. The first-order valence-electron chi connectivity index (χ1n) is 19.5. The number of hydrogen-bond acceptors (Lipinski definition) is 10. The fraction of sp³-hybridized carbons (Fsp3) is 0.432. The van der Waals surface area contributed by atoms with E-state index >= 15 is 0 Å². The van der Waals surface area contributed by atoms with E-state index in [1.165, 1.54) is 4.31 Å². The van der Waals surface area contributed by atoms with Crippen LogP contribution in [0.4, 0.5) is 10.5 Å². The zero-order valence-electron chi connectivity index (χ0n) is 33.1. The Kier molecular flexibility index (Phi) is 15.4. The molecule has 0 saturated carbocycles. The van der Waals surface area contributed by atoms with E-state index in [-0.39, 0.29) is 37.1 Å². The number of nitrogens with zero attached hydrogens (tertiary/aromatic N) is 2. The highest BCUT2D eigenvalue weighted by atomic mass is 32.2. The predicted octanol–water partition coefficient (Wildman–Crippen LogP) is 6.45. The molecular formula is C44H55N3O9S. The molecule has 0 unspecified atom stereocenters. The van der Waals surface area contributed by atoms with E-state index < -0.39 is 28.3 Å². The molecule has 2 heterocycles. The van der Waals surface area contributed by atoms with E-state index in [1.807, 2.05) is 61.5 Å². The normalized spacial score (nSPS) is 18.4. The third-order valence-electron chi connectivity index (χ3n) is 10.4. The maximum atomic E-state index is 14.5. The molecule has 2 aliphatic rings. The summed E-state index contributed by atoms with van der Waals surface area (Å²) in [5, 5.41) is 2.86. The van der Waals surface area contributed by atoms with Crippen LogP contribution < -0.4 is 15.0 Å². The number of carbonyl (C=O) groups excluding carboxylic acids is 1. The summed E-state index contributed by atoms with van der Waals surface area (Å²) in [5.41, 5.74) is 5.79. The van der Waals surface area contributed by atoms with E-state index in [2.05, 4.69) is 28.4 Å². The van der Waals surface area contributed by atoms with Gasteiger partial charge in [-0.15, -0.1) is 0 Å². The standard InChI is InChI=1S/C44H55N3O9S/c1-33-10-17-39(18-11-33)57(49,50)47-29-43(55-32-36-14-19-42-41(26-36)46(21-23-54-42)20-7-22-51-2)40(37-15-12-35(13-16-37)30-53-25-24-52-3)27-38(47)28-45-44(48)56-31-34-8-5-4-6-9-34/h4-6,8-19,26,38,40,43H,7,20-25,27-32H2,1-3H3,(H,45,48)/t38-,40-,43+/m1/s1. The highest BCUT2D eigenvalue weighted by Gasteiger charge is 2.43. The highest BCUT2D eigenvalue weighted by Crippen LogP contribution is 2.38. The number of benzene rings is 4. The second kappa shape index (κ2) is 20.8. The Hall–Kier alpha value is -4.50. The van der Waals surface area contributed by atoms with Gasteiger partial charge in [-0.25, -0.2) is 13.2 Å². The first-order chi connectivity index (χ1) is 27.7. The molecule has 0 radical (unpaired) electrons. The van der Waals surface area contributed by atoms with Crippen molar-refractivity contribution >= 4 is 21.8 Å². The summed E-state index contributed by atoms with van der Waals surface area (Å²) in [4.78, 5) is 15.5. The number of alkyl carbamates (subject to hydrolysis) is 1. The Bertz CT molecular complexity index is 1960. The molecule has 1 fully saturated rings. The highest BCUT2D eigenvalue weighted by molar-refractivity contribution is 7.89. The molecular weight excluding hydrogens is 747 g/mol. The largest absolute Gasteiger partial charge is 0.490 e. The van der Waals surface area contributed by atoms with E-state index in [4.69, 9.17) is 28.4 Å². The lowest BCUT2D eigenvalue weighted by atomic mass is 9.83. The lowest BCUT2D eigenvalue weighted by Crippen LogP contribution is -2.55. The molecule has 4 aromatic rings. The molecule has 6 rings (SSSR count). The number of hydrogen-bond donors (Lipinski definition) is 1. The summed E-state index contributed by atoms with van der Waals surface area (Å²) < 4.78 is 64.9. The van der Waals surface area contributed by atoms with Crippen LogP contribution in [-0.2, 0) is 53.5 Å². The van der Waals surface area contributed by atoms with Gasteiger partial charge in [0.2, 0.25) is 10.0 Å². The van der Waals surface area contributed by atoms with Crippen LogP contribution in [0.3, 0.4) is 0 Å². The molecule has 3 atom stereocenters. The summed E-state index contributed by atoms with van der Waals surface area (Å²) in [6.07, 6.45) is 0.154. The van der Waals surface area contributed by atoms with E-state index in [1.54, 1.807) is 38.5 Å². The monoisotopic (exact) mass is 801 g/mol. The number of carbonyl (C=O) groups is 1. The predicted molar refractivity (Wildman–Crippen MR) is 218 cm³/mol. The summed E-state index contributed by atoms with van der Waals surface area (Å²) in [5.74, 6) is 0.633. The van der Waals surface area contributed by atoms with E-state index in [0.717, 1.165) is 58.8 Å². The Morgan fingerprint density at radius 1 is 0.842 bits per heavy atom. The van der Waals surface area contributed by atoms with Crippen LogP contribution >= 0.6 is 0 Å². The molecule has 4 aromatic carbocycles. The zero-order chi connectivity index (χ0) is 40.0. The first-order valence-corrected chi connectivity index (χ1v) is 21.0. The maximum Gasteiger partial charge on any atom is 0.407 e. The number of fused-ring (bicyclic) bond motifs is 1. The molecule has 1 amide bonds. The fourth-order valence-corrected chi connectivity index (χ4v) is 8.92. The van der Waals surface area contributed by atoms with Gasteiger partial charge in [0.05, 0.1) is 49.7 Å². The number of anilines is 1. The van der Waals surface area contributed by atoms with Crippen molar-refractivity contribution in [2.45, 2.75) is 62.5 Å². The molecule has 13 heteroatoms. The Morgan fingerprint density at radius 2 is 1.58 bits per heavy atom. The van der Waals surface area contributed by atoms with Gasteiger partial charge < -0.3 is 38.6 Å². The zero-order valence-corrected chi connectivity index (χ0v) is 34.0. The fourth-order valence-electron chi connectivity index (χ4n) is 7.27. The molecule has 0 aromatic heterocycles. The summed E-state index contributed by atoms with van der Waals surface area (Å²) >= 11 is 0. The van der Waals surface area contributed by atoms with Gasteiger partial charge >= 0.3 is 6.09 Å². The molecule has 0 spiro atoms. The average Bonchev–Trinajstić information content (AvgIpc) is 3.23. The van der Waals surface area contributed by atoms with Gasteiger partial charge in [-0.2, -0.15) is 4.31 Å². The van der Waals surface area contributed by atoms with Gasteiger partial charge in [0.25, 0.3) is 0 Å². The van der Waals surface area contributed by atoms with Crippen molar-refractivity contribution in [3.63, 3.8) is 0 Å². The van der Waals surface area contributed by atoms with Crippen LogP contribution in [-0.4, -0.2) is 97.8 Å². The van der Waals surface area contributed by atoms with Crippen molar-refractivity contribution in [3.05, 3.63) is 125 Å². The average molecular weight is 802 g/mol. The SMILES string of the molecule is COCCCN1CCOc2ccc(CO[C@H]3CN(S(=O)(=O)c4ccc(C)cc4)[C@@H](CNC(=O)OCc4ccccc4)C[C@@H]3c3ccc(COCCOC)cc3)cc21. The topological polar surface area (TPSA) is 125 Å². The van der Waals surface area contributed by atoms with Gasteiger partial charge in [-0.05, 0) is 66.3 Å². The van der Waals surface area contributed by atoms with Gasteiger partial charge in [0, 0.05) is 52.4 Å². The second-order valence-electron chi connectivity index (χ2n) is 14.4. The van der Waals surface area contributed by atoms with Crippen LogP contribution in [0.25, 0.3) is 0 Å². The van der Waals surface area contributed by atoms with Crippen molar-refractivity contribution in [3.8, 4) is 5.75 Å². The van der Waals surface area contributed by atoms with Crippen molar-refractivity contribution in [2.75, 3.05) is 71.7 Å². The molecule has 0 bridgehead atoms. The van der Waals surface area contributed by atoms with Crippen LogP contribution in [0.15, 0.2) is 102 Å². The van der Waals surface area contributed by atoms with Gasteiger partial charge in [-0.3, -0.25) is 0 Å². The number of amides is 1. The Balaban J connectivity index is 1.26. The number of rotatable bonds is 19. The Labute approximate surface area is 337 Å². The third kappa shape index (κ3) is 11.6. The molecule has 1 saturated heterocycles. The van der Waals surface area contributed by atoms with Crippen LogP contribution in [0, 0.1) is 6.92 Å². The molecule has 0 aliphatic carbocycles. The van der Waals surface area contributed by atoms with Gasteiger partial charge in [-0.1, -0.05) is 78.4 Å². The van der Waals surface area contributed by atoms with E-state index in [9.17, 15) is 13.2 Å². The van der Waals surface area contributed by atoms with Crippen LogP contribution in [0.2, 0.25) is 0 Å². The minimum atomic E-state index is -4.00.